The number of nitrogens with two attached hydrogens (primary N) is 1. The predicted molar refractivity (Wildman–Crippen MR) is 125 cm³/mol. The van der Waals surface area contributed by atoms with Crippen LogP contribution in [-0.2, 0) is 23.1 Å². The fourth-order valence-electron chi connectivity index (χ4n) is 3.71. The maximum atomic E-state index is 14.2. The van der Waals surface area contributed by atoms with E-state index in [1.807, 2.05) is 0 Å². The first-order valence-corrected chi connectivity index (χ1v) is 12.6. The number of hydrogen-bond donors (Lipinski definition) is 2. The summed E-state index contributed by atoms with van der Waals surface area (Å²) in [6, 6.07) is -1.51. The number of nitrogens with one attached hydrogen (secondary N) is 1. The molecule has 0 unspecified atom stereocenters. The molecule has 14 heteroatoms. The first kappa shape index (κ1) is 26.3. The van der Waals surface area contributed by atoms with Crippen LogP contribution in [0.5, 0.6) is 0 Å². The van der Waals surface area contributed by atoms with Gasteiger partial charge in [0.2, 0.25) is 5.95 Å². The van der Waals surface area contributed by atoms with Crippen LogP contribution in [0.1, 0.15) is 40.2 Å². The van der Waals surface area contributed by atoms with E-state index in [1.165, 1.54) is 13.3 Å². The topological polar surface area (TPSA) is 147 Å². The third-order valence-electron chi connectivity index (χ3n) is 5.47. The summed E-state index contributed by atoms with van der Waals surface area (Å²) in [7, 11) is -0.129. The molecule has 0 amide bonds. The van der Waals surface area contributed by atoms with Gasteiger partial charge in [0.1, 0.15) is 12.7 Å². The number of anilines is 2. The lowest BCUT2D eigenvalue weighted by atomic mass is 9.96. The maximum absolute atomic E-state index is 14.2. The van der Waals surface area contributed by atoms with Gasteiger partial charge in [-0.05, 0) is 34.1 Å². The average molecular weight is 502 g/mol. The molecule has 0 saturated carbocycles. The van der Waals surface area contributed by atoms with Crippen LogP contribution in [0.15, 0.2) is 6.33 Å². The quantitative estimate of drug-likeness (QED) is 0.386. The van der Waals surface area contributed by atoms with Crippen LogP contribution >= 0.6 is 7.75 Å². The number of carbonyl (C=O) groups is 1. The van der Waals surface area contributed by atoms with Gasteiger partial charge < -0.3 is 19.9 Å². The number of hydrogen-bond acceptors (Lipinski definition) is 10. The van der Waals surface area contributed by atoms with E-state index in [9.17, 15) is 13.8 Å². The monoisotopic (exact) mass is 501 g/mol. The van der Waals surface area contributed by atoms with Crippen LogP contribution in [0.4, 0.5) is 16.2 Å². The summed E-state index contributed by atoms with van der Waals surface area (Å²) < 4.78 is 45.1. The average Bonchev–Trinajstić information content (AvgIpc) is 3.15. The molecule has 190 valence electrons. The molecular formula is C20H33FN7O5P. The van der Waals surface area contributed by atoms with E-state index in [1.54, 1.807) is 44.3 Å². The van der Waals surface area contributed by atoms with Crippen LogP contribution in [0.2, 0.25) is 0 Å². The van der Waals surface area contributed by atoms with Crippen LogP contribution in [0, 0.1) is 5.92 Å². The number of nitrogens with zero attached hydrogens (tertiary/aromatic N) is 5. The van der Waals surface area contributed by atoms with Gasteiger partial charge in [0.25, 0.3) is 0 Å². The van der Waals surface area contributed by atoms with E-state index in [4.69, 9.17) is 19.5 Å². The molecule has 3 heterocycles. The fourth-order valence-corrected chi connectivity index (χ4v) is 5.49. The highest BCUT2D eigenvalue weighted by Crippen LogP contribution is 2.51. The van der Waals surface area contributed by atoms with E-state index >= 15 is 0 Å². The van der Waals surface area contributed by atoms with Crippen LogP contribution in [0.25, 0.3) is 11.2 Å². The first-order chi connectivity index (χ1) is 15.9. The van der Waals surface area contributed by atoms with Crippen molar-refractivity contribution in [3.8, 4) is 0 Å². The van der Waals surface area contributed by atoms with E-state index < -0.39 is 38.6 Å². The zero-order valence-corrected chi connectivity index (χ0v) is 21.2. The van der Waals surface area contributed by atoms with Gasteiger partial charge in [-0.15, -0.1) is 0 Å². The van der Waals surface area contributed by atoms with Crippen molar-refractivity contribution in [2.75, 3.05) is 38.0 Å². The van der Waals surface area contributed by atoms with Gasteiger partial charge in [-0.2, -0.15) is 9.97 Å². The first-order valence-electron chi connectivity index (χ1n) is 11.1. The van der Waals surface area contributed by atoms with Crippen molar-refractivity contribution in [2.45, 2.75) is 58.4 Å². The van der Waals surface area contributed by atoms with Crippen molar-refractivity contribution in [1.29, 1.82) is 0 Å². The summed E-state index contributed by atoms with van der Waals surface area (Å²) in [4.78, 5) is 26.6. The molecule has 34 heavy (non-hydrogen) atoms. The number of halogens is 1. The van der Waals surface area contributed by atoms with Gasteiger partial charge >= 0.3 is 13.7 Å². The Hall–Kier alpha value is -2.34. The fraction of sp³-hybridized carbons (Fsp3) is 0.700. The zero-order chi connectivity index (χ0) is 25.2. The third-order valence-corrected chi connectivity index (χ3v) is 7.28. The normalized spacial score (nSPS) is 24.8. The van der Waals surface area contributed by atoms with Crippen LogP contribution in [0.3, 0.4) is 0 Å². The maximum Gasteiger partial charge on any atom is 0.406 e. The van der Waals surface area contributed by atoms with Crippen molar-refractivity contribution in [3.05, 3.63) is 6.33 Å². The lowest BCUT2D eigenvalue weighted by Gasteiger charge is -2.36. The Labute approximate surface area is 197 Å². The standard InChI is InChI=1S/C20H33FN7O5P/c1-11(2)32-19(29)12(3)26-34(30)31-9-14(13(4)33-34)7-15(8-21)28-10-23-16-17(27(5)6)24-20(22)25-18(16)28/h10-15H,7-9H2,1-6H3,(H,26,30)(H2,22,24,25)/t12-,13-,14+,15+,34-/m0/s1. The SMILES string of the molecule is CC(C)OC(=O)[C@H](C)N[P@]1(=O)OC[C@@H](C[C@H](CF)n2cnc3c(N(C)C)nc(N)nc32)[C@H](C)O1. The van der Waals surface area contributed by atoms with Crippen molar-refractivity contribution in [1.82, 2.24) is 24.6 Å². The summed E-state index contributed by atoms with van der Waals surface area (Å²) in [6.45, 7) is 6.07. The molecule has 5 atom stereocenters. The second-order valence-corrected chi connectivity index (χ2v) is 10.6. The van der Waals surface area contributed by atoms with Gasteiger partial charge in [-0.3, -0.25) is 13.8 Å². The highest BCUT2D eigenvalue weighted by Gasteiger charge is 2.40. The molecule has 2 aromatic heterocycles. The summed E-state index contributed by atoms with van der Waals surface area (Å²) in [6.07, 6.45) is 0.997. The molecular weight excluding hydrogens is 468 g/mol. The Bertz CT molecular complexity index is 1070. The minimum absolute atomic E-state index is 0.0561. The number of alkyl halides is 1. The van der Waals surface area contributed by atoms with Gasteiger partial charge in [0, 0.05) is 20.0 Å². The summed E-state index contributed by atoms with van der Waals surface area (Å²) in [5.41, 5.74) is 6.80. The Balaban J connectivity index is 1.72. The van der Waals surface area contributed by atoms with Gasteiger partial charge in [0.05, 0.1) is 31.2 Å². The Kier molecular flexibility index (Phi) is 8.12. The largest absolute Gasteiger partial charge is 0.462 e. The summed E-state index contributed by atoms with van der Waals surface area (Å²) in [5, 5.41) is 2.61. The second-order valence-electron chi connectivity index (χ2n) is 8.87. The highest BCUT2D eigenvalue weighted by atomic mass is 31.2. The van der Waals surface area contributed by atoms with Gasteiger partial charge in [-0.25, -0.2) is 19.0 Å². The van der Waals surface area contributed by atoms with Gasteiger partial charge in [0.15, 0.2) is 17.0 Å². The number of fused-ring (bicyclic) bond motifs is 1. The Morgan fingerprint density at radius 1 is 1.41 bits per heavy atom. The number of ether oxygens (including phenoxy) is 1. The third kappa shape index (κ3) is 5.83. The molecule has 1 saturated heterocycles. The Morgan fingerprint density at radius 2 is 2.12 bits per heavy atom. The number of rotatable bonds is 9. The van der Waals surface area contributed by atoms with Crippen molar-refractivity contribution < 1.29 is 27.5 Å². The van der Waals surface area contributed by atoms with E-state index in [-0.39, 0.29) is 24.6 Å². The van der Waals surface area contributed by atoms with Crippen molar-refractivity contribution in [3.63, 3.8) is 0 Å². The summed E-state index contributed by atoms with van der Waals surface area (Å²) >= 11 is 0. The zero-order valence-electron chi connectivity index (χ0n) is 20.3. The molecule has 1 fully saturated rings. The molecule has 0 radical (unpaired) electrons. The highest BCUT2D eigenvalue weighted by molar-refractivity contribution is 7.51. The van der Waals surface area contributed by atoms with E-state index in [0.29, 0.717) is 23.4 Å². The minimum Gasteiger partial charge on any atom is -0.462 e. The molecule has 0 bridgehead atoms. The minimum atomic E-state index is -3.74. The molecule has 1 aliphatic heterocycles. The molecule has 0 aliphatic carbocycles. The predicted octanol–water partition coefficient (Wildman–Crippen LogP) is 2.46. The molecule has 1 aliphatic rings. The van der Waals surface area contributed by atoms with Crippen LogP contribution in [-0.4, -0.2) is 71.1 Å². The van der Waals surface area contributed by atoms with Gasteiger partial charge in [-0.1, -0.05) is 0 Å². The molecule has 12 nitrogen and oxygen atoms in total. The number of esters is 1. The van der Waals surface area contributed by atoms with Crippen molar-refractivity contribution in [2.24, 2.45) is 5.92 Å². The second kappa shape index (κ2) is 10.5. The number of imidazole rings is 1. The lowest BCUT2D eigenvalue weighted by molar-refractivity contribution is -0.149. The van der Waals surface area contributed by atoms with Crippen LogP contribution < -0.4 is 15.7 Å². The lowest BCUT2D eigenvalue weighted by Crippen LogP contribution is -2.40. The smallest absolute Gasteiger partial charge is 0.406 e. The number of nitrogen functional groups attached to an aromatic ring is 1. The summed E-state index contributed by atoms with van der Waals surface area (Å²) in [5.74, 6) is -0.235. The molecule has 3 rings (SSSR count). The number of aromatic nitrogens is 4. The van der Waals surface area contributed by atoms with Crippen molar-refractivity contribution >= 4 is 36.6 Å². The van der Waals surface area contributed by atoms with E-state index in [2.05, 4.69) is 20.0 Å². The molecule has 0 spiro atoms. The Morgan fingerprint density at radius 3 is 2.71 bits per heavy atom. The molecule has 3 N–H and O–H groups in total. The van der Waals surface area contributed by atoms with E-state index in [0.717, 1.165) is 0 Å². The molecule has 2 aromatic rings. The molecule has 0 aromatic carbocycles. The number of carbonyl (C=O) groups excluding carboxylic acids is 1.